The fraction of sp³-hybridized carbons (Fsp3) is 0.0769. The van der Waals surface area contributed by atoms with E-state index < -0.39 is 0 Å². The maximum absolute atomic E-state index is 12.1. The molecule has 4 nitrogen and oxygen atoms in total. The first-order chi connectivity index (χ1) is 8.97. The van der Waals surface area contributed by atoms with Crippen LogP contribution in [0, 0.1) is 6.92 Å². The first-order valence-electron chi connectivity index (χ1n) is 5.46. The minimum Gasteiger partial charge on any atom is -0.398 e. The topological polar surface area (TPSA) is 68.0 Å². The predicted molar refractivity (Wildman–Crippen MR) is 80.5 cm³/mol. The summed E-state index contributed by atoms with van der Waals surface area (Å²) < 4.78 is 0.710. The second-order valence-corrected chi connectivity index (χ2v) is 5.26. The number of anilines is 2. The number of nitrogens with zero attached hydrogens (tertiary/aromatic N) is 1. The highest BCUT2D eigenvalue weighted by Gasteiger charge is 2.11. The van der Waals surface area contributed by atoms with Gasteiger partial charge in [-0.2, -0.15) is 0 Å². The van der Waals surface area contributed by atoms with Crippen LogP contribution in [-0.2, 0) is 0 Å². The van der Waals surface area contributed by atoms with Crippen LogP contribution in [0.1, 0.15) is 16.1 Å². The molecule has 98 valence electrons. The number of pyridine rings is 1. The van der Waals surface area contributed by atoms with Crippen molar-refractivity contribution in [3.63, 3.8) is 0 Å². The van der Waals surface area contributed by atoms with E-state index >= 15 is 0 Å². The SMILES string of the molecule is Cc1cc(N)c(C(=O)Nc2ccc(Cl)c(Br)c2)cn1. The Morgan fingerprint density at radius 2 is 2.16 bits per heavy atom. The lowest BCUT2D eigenvalue weighted by atomic mass is 10.2. The Kier molecular flexibility index (Phi) is 4.07. The van der Waals surface area contributed by atoms with Gasteiger partial charge in [0.05, 0.1) is 10.6 Å². The van der Waals surface area contributed by atoms with Gasteiger partial charge in [0.1, 0.15) is 0 Å². The summed E-state index contributed by atoms with van der Waals surface area (Å²) >= 11 is 9.18. The van der Waals surface area contributed by atoms with E-state index in [4.69, 9.17) is 17.3 Å². The van der Waals surface area contributed by atoms with Crippen molar-refractivity contribution in [2.24, 2.45) is 0 Å². The Balaban J connectivity index is 2.23. The van der Waals surface area contributed by atoms with Crippen LogP contribution in [0.5, 0.6) is 0 Å². The van der Waals surface area contributed by atoms with Crippen LogP contribution >= 0.6 is 27.5 Å². The van der Waals surface area contributed by atoms with E-state index in [2.05, 4.69) is 26.2 Å². The number of nitrogens with one attached hydrogen (secondary N) is 1. The molecule has 3 N–H and O–H groups in total. The summed E-state index contributed by atoms with van der Waals surface area (Å²) in [7, 11) is 0. The average Bonchev–Trinajstić information content (AvgIpc) is 2.33. The van der Waals surface area contributed by atoms with Gasteiger partial charge in [-0.25, -0.2) is 0 Å². The summed E-state index contributed by atoms with van der Waals surface area (Å²) in [6.45, 7) is 1.81. The third kappa shape index (κ3) is 3.24. The molecule has 19 heavy (non-hydrogen) atoms. The van der Waals surface area contributed by atoms with Crippen molar-refractivity contribution in [3.05, 3.63) is 51.2 Å². The zero-order valence-electron chi connectivity index (χ0n) is 10.1. The molecule has 0 radical (unpaired) electrons. The van der Waals surface area contributed by atoms with E-state index in [1.165, 1.54) is 6.20 Å². The number of aromatic nitrogens is 1. The van der Waals surface area contributed by atoms with Crippen molar-refractivity contribution >= 4 is 44.8 Å². The van der Waals surface area contributed by atoms with Crippen LogP contribution in [0.25, 0.3) is 0 Å². The van der Waals surface area contributed by atoms with Crippen molar-refractivity contribution in [1.29, 1.82) is 0 Å². The molecule has 2 rings (SSSR count). The number of halogens is 2. The Bertz CT molecular complexity index is 646. The summed E-state index contributed by atoms with van der Waals surface area (Å²) in [4.78, 5) is 16.1. The number of nitrogen functional groups attached to an aromatic ring is 1. The summed E-state index contributed by atoms with van der Waals surface area (Å²) in [6, 6.07) is 6.78. The summed E-state index contributed by atoms with van der Waals surface area (Å²) in [6.07, 6.45) is 1.46. The van der Waals surface area contributed by atoms with Crippen LogP contribution in [-0.4, -0.2) is 10.9 Å². The number of benzene rings is 1. The molecule has 0 aliphatic heterocycles. The van der Waals surface area contributed by atoms with Crippen LogP contribution in [0.15, 0.2) is 34.9 Å². The molecule has 0 atom stereocenters. The number of nitrogens with two attached hydrogens (primary N) is 1. The molecular formula is C13H11BrClN3O. The molecule has 0 aliphatic rings. The first kappa shape index (κ1) is 13.8. The molecule has 0 saturated carbocycles. The minimum atomic E-state index is -0.306. The standard InChI is InChI=1S/C13H11BrClN3O/c1-7-4-12(16)9(6-17-7)13(19)18-8-2-3-11(15)10(14)5-8/h2-6H,1H3,(H2,16,17)(H,18,19). The van der Waals surface area contributed by atoms with E-state index in [9.17, 15) is 4.79 Å². The van der Waals surface area contributed by atoms with Crippen molar-refractivity contribution in [1.82, 2.24) is 4.98 Å². The lowest BCUT2D eigenvalue weighted by Crippen LogP contribution is -2.14. The second kappa shape index (κ2) is 5.59. The Morgan fingerprint density at radius 1 is 1.42 bits per heavy atom. The summed E-state index contributed by atoms with van der Waals surface area (Å²) in [5.74, 6) is -0.306. The second-order valence-electron chi connectivity index (χ2n) is 4.00. The molecule has 0 aliphatic carbocycles. The summed E-state index contributed by atoms with van der Waals surface area (Å²) in [5, 5.41) is 3.32. The molecule has 1 amide bonds. The Labute approximate surface area is 124 Å². The number of amides is 1. The smallest absolute Gasteiger partial charge is 0.259 e. The highest BCUT2D eigenvalue weighted by atomic mass is 79.9. The van der Waals surface area contributed by atoms with E-state index in [-0.39, 0.29) is 5.91 Å². The first-order valence-corrected chi connectivity index (χ1v) is 6.63. The zero-order valence-corrected chi connectivity index (χ0v) is 12.4. The van der Waals surface area contributed by atoms with Crippen molar-refractivity contribution < 1.29 is 4.79 Å². The molecule has 6 heteroatoms. The fourth-order valence-electron chi connectivity index (χ4n) is 1.54. The quantitative estimate of drug-likeness (QED) is 0.877. The monoisotopic (exact) mass is 339 g/mol. The van der Waals surface area contributed by atoms with Gasteiger partial charge in [-0.1, -0.05) is 11.6 Å². The Morgan fingerprint density at radius 3 is 2.79 bits per heavy atom. The van der Waals surface area contributed by atoms with E-state index in [1.807, 2.05) is 6.92 Å². The molecule has 1 aromatic heterocycles. The van der Waals surface area contributed by atoms with Gasteiger partial charge in [-0.05, 0) is 47.1 Å². The average molecular weight is 341 g/mol. The molecule has 0 fully saturated rings. The van der Waals surface area contributed by atoms with Crippen molar-refractivity contribution in [2.75, 3.05) is 11.1 Å². The number of carbonyl (C=O) groups excluding carboxylic acids is 1. The largest absolute Gasteiger partial charge is 0.398 e. The lowest BCUT2D eigenvalue weighted by molar-refractivity contribution is 0.102. The summed E-state index contributed by atoms with van der Waals surface area (Å²) in [5.41, 5.74) is 7.94. The van der Waals surface area contributed by atoms with Gasteiger partial charge in [-0.3, -0.25) is 9.78 Å². The van der Waals surface area contributed by atoms with Gasteiger partial charge >= 0.3 is 0 Å². The molecule has 0 saturated heterocycles. The maximum atomic E-state index is 12.1. The maximum Gasteiger partial charge on any atom is 0.259 e. The van der Waals surface area contributed by atoms with Gasteiger partial charge in [-0.15, -0.1) is 0 Å². The number of hydrogen-bond donors (Lipinski definition) is 2. The van der Waals surface area contributed by atoms with E-state index in [0.717, 1.165) is 5.69 Å². The van der Waals surface area contributed by atoms with Crippen LogP contribution in [0.2, 0.25) is 5.02 Å². The third-order valence-corrected chi connectivity index (χ3v) is 3.71. The molecule has 0 unspecified atom stereocenters. The van der Waals surface area contributed by atoms with E-state index in [0.29, 0.717) is 26.4 Å². The number of aryl methyl sites for hydroxylation is 1. The van der Waals surface area contributed by atoms with Gasteiger partial charge in [0.25, 0.3) is 5.91 Å². The molecular weight excluding hydrogens is 330 g/mol. The molecule has 0 spiro atoms. The predicted octanol–water partition coefficient (Wildman–Crippen LogP) is 3.64. The van der Waals surface area contributed by atoms with Crippen LogP contribution in [0.4, 0.5) is 11.4 Å². The molecule has 1 aromatic carbocycles. The molecule has 2 aromatic rings. The van der Waals surface area contributed by atoms with Crippen LogP contribution < -0.4 is 11.1 Å². The number of carbonyl (C=O) groups is 1. The normalized spacial score (nSPS) is 10.3. The van der Waals surface area contributed by atoms with Gasteiger partial charge in [0.15, 0.2) is 0 Å². The lowest BCUT2D eigenvalue weighted by Gasteiger charge is -2.08. The highest BCUT2D eigenvalue weighted by molar-refractivity contribution is 9.10. The van der Waals surface area contributed by atoms with Crippen molar-refractivity contribution in [3.8, 4) is 0 Å². The highest BCUT2D eigenvalue weighted by Crippen LogP contribution is 2.26. The number of hydrogen-bond acceptors (Lipinski definition) is 3. The number of rotatable bonds is 2. The van der Waals surface area contributed by atoms with E-state index in [1.54, 1.807) is 24.3 Å². The Hall–Kier alpha value is -1.59. The molecule has 0 bridgehead atoms. The zero-order chi connectivity index (χ0) is 14.0. The fourth-order valence-corrected chi connectivity index (χ4v) is 2.04. The third-order valence-electron chi connectivity index (χ3n) is 2.49. The van der Waals surface area contributed by atoms with Gasteiger partial charge in [0.2, 0.25) is 0 Å². The van der Waals surface area contributed by atoms with Crippen LogP contribution in [0.3, 0.4) is 0 Å². The molecule has 1 heterocycles. The minimum absolute atomic E-state index is 0.306. The van der Waals surface area contributed by atoms with Crippen molar-refractivity contribution in [2.45, 2.75) is 6.92 Å². The van der Waals surface area contributed by atoms with Gasteiger partial charge < -0.3 is 11.1 Å². The van der Waals surface area contributed by atoms with Gasteiger partial charge in [0, 0.05) is 27.7 Å².